The van der Waals surface area contributed by atoms with E-state index in [4.69, 9.17) is 0 Å². The molecule has 2 heterocycles. The van der Waals surface area contributed by atoms with Crippen LogP contribution in [0.4, 0.5) is 19.0 Å². The van der Waals surface area contributed by atoms with Crippen molar-refractivity contribution in [3.05, 3.63) is 41.1 Å². The number of nitrogens with one attached hydrogen (secondary N) is 1. The van der Waals surface area contributed by atoms with Crippen molar-refractivity contribution in [2.24, 2.45) is 0 Å². The molecule has 0 bridgehead atoms. The van der Waals surface area contributed by atoms with Crippen LogP contribution in [0.1, 0.15) is 16.8 Å². The first kappa shape index (κ1) is 14.3. The number of fused-ring (bicyclic) bond motifs is 1. The van der Waals surface area contributed by atoms with Crippen molar-refractivity contribution in [1.82, 2.24) is 9.78 Å². The summed E-state index contributed by atoms with van der Waals surface area (Å²) in [5.41, 5.74) is 2.17. The average molecular weight is 313 g/mol. The quantitative estimate of drug-likeness (QED) is 0.936. The first-order valence-corrected chi connectivity index (χ1v) is 7.91. The maximum Gasteiger partial charge on any atom is 0.416 e. The highest BCUT2D eigenvalue weighted by atomic mass is 32.2. The molecule has 0 aliphatic carbocycles. The average Bonchev–Trinajstić information content (AvgIpc) is 3.02. The highest BCUT2D eigenvalue weighted by Crippen LogP contribution is 2.32. The molecule has 0 atom stereocenters. The molecule has 1 N–H and O–H groups in total. The largest absolute Gasteiger partial charge is 0.416 e. The fourth-order valence-corrected chi connectivity index (χ4v) is 2.98. The molecule has 1 aromatic carbocycles. The van der Waals surface area contributed by atoms with E-state index in [2.05, 4.69) is 10.4 Å². The summed E-state index contributed by atoms with van der Waals surface area (Å²) in [6, 6.07) is 5.09. The fraction of sp³-hybridized carbons (Fsp3) is 0.357. The second kappa shape index (κ2) is 5.29. The number of hydrogen-bond acceptors (Lipinski definition) is 3. The standard InChI is InChI=1S/C14H14F3N3S/c1-21-8-12-11-6-7-18-13(11)20(19-12)10-4-2-9(3-5-10)14(15,16)17/h2-5,18H,6-8H2,1H3. The van der Waals surface area contributed by atoms with Gasteiger partial charge < -0.3 is 5.32 Å². The SMILES string of the molecule is CSCc1nn(-c2ccc(C(F)(F)F)cc2)c2c1CCN2. The summed E-state index contributed by atoms with van der Waals surface area (Å²) in [6.45, 7) is 0.842. The number of nitrogens with zero attached hydrogens (tertiary/aromatic N) is 2. The van der Waals surface area contributed by atoms with Crippen LogP contribution in [0.15, 0.2) is 24.3 Å². The van der Waals surface area contributed by atoms with Gasteiger partial charge in [-0.1, -0.05) is 0 Å². The molecule has 0 amide bonds. The third-order valence-corrected chi connectivity index (χ3v) is 4.02. The van der Waals surface area contributed by atoms with Gasteiger partial charge in [-0.15, -0.1) is 0 Å². The number of rotatable bonds is 3. The van der Waals surface area contributed by atoms with Crippen LogP contribution in [0.2, 0.25) is 0 Å². The molecular formula is C14H14F3N3S. The third-order valence-electron chi connectivity index (χ3n) is 3.45. The van der Waals surface area contributed by atoms with Crippen molar-refractivity contribution in [1.29, 1.82) is 0 Å². The van der Waals surface area contributed by atoms with Crippen LogP contribution in [0.25, 0.3) is 5.69 Å². The van der Waals surface area contributed by atoms with E-state index in [9.17, 15) is 13.2 Å². The Hall–Kier alpha value is -1.63. The summed E-state index contributed by atoms with van der Waals surface area (Å²) < 4.78 is 39.5. The Morgan fingerprint density at radius 1 is 1.29 bits per heavy atom. The van der Waals surface area contributed by atoms with E-state index in [-0.39, 0.29) is 0 Å². The molecule has 0 saturated heterocycles. The summed E-state index contributed by atoms with van der Waals surface area (Å²) in [5.74, 6) is 1.70. The molecular weight excluding hydrogens is 299 g/mol. The summed E-state index contributed by atoms with van der Waals surface area (Å²) in [4.78, 5) is 0. The summed E-state index contributed by atoms with van der Waals surface area (Å²) in [6.07, 6.45) is -1.40. The van der Waals surface area contributed by atoms with Crippen LogP contribution in [0.5, 0.6) is 0 Å². The normalized spacial score (nSPS) is 14.1. The Kier molecular flexibility index (Phi) is 3.61. The zero-order chi connectivity index (χ0) is 15.0. The van der Waals surface area contributed by atoms with Crippen LogP contribution >= 0.6 is 11.8 Å². The lowest BCUT2D eigenvalue weighted by Gasteiger charge is -2.09. The van der Waals surface area contributed by atoms with Gasteiger partial charge in [0.25, 0.3) is 0 Å². The van der Waals surface area contributed by atoms with Crippen molar-refractivity contribution in [3.8, 4) is 5.69 Å². The predicted molar refractivity (Wildman–Crippen MR) is 78.0 cm³/mol. The number of hydrogen-bond donors (Lipinski definition) is 1. The molecule has 1 aromatic heterocycles. The molecule has 0 unspecified atom stereocenters. The zero-order valence-corrected chi connectivity index (χ0v) is 12.2. The van der Waals surface area contributed by atoms with Crippen molar-refractivity contribution in [2.75, 3.05) is 18.1 Å². The van der Waals surface area contributed by atoms with Crippen LogP contribution < -0.4 is 5.32 Å². The minimum atomic E-state index is -4.31. The lowest BCUT2D eigenvalue weighted by atomic mass is 10.2. The van der Waals surface area contributed by atoms with Gasteiger partial charge in [-0.25, -0.2) is 4.68 Å². The van der Waals surface area contributed by atoms with Gasteiger partial charge in [-0.05, 0) is 36.9 Å². The molecule has 3 nitrogen and oxygen atoms in total. The Morgan fingerprint density at radius 3 is 2.62 bits per heavy atom. The summed E-state index contributed by atoms with van der Waals surface area (Å²) >= 11 is 1.68. The first-order chi connectivity index (χ1) is 10.0. The minimum absolute atomic E-state index is 0.640. The van der Waals surface area contributed by atoms with E-state index < -0.39 is 11.7 Å². The number of thioether (sulfide) groups is 1. The van der Waals surface area contributed by atoms with Crippen LogP contribution in [0, 0.1) is 0 Å². The molecule has 0 saturated carbocycles. The van der Waals surface area contributed by atoms with Crippen LogP contribution in [-0.4, -0.2) is 22.6 Å². The molecule has 21 heavy (non-hydrogen) atoms. The van der Waals surface area contributed by atoms with Gasteiger partial charge in [-0.2, -0.15) is 30.0 Å². The number of anilines is 1. The first-order valence-electron chi connectivity index (χ1n) is 6.52. The number of halogens is 3. The maximum atomic E-state index is 12.6. The van der Waals surface area contributed by atoms with Gasteiger partial charge in [0.2, 0.25) is 0 Å². The Morgan fingerprint density at radius 2 is 2.00 bits per heavy atom. The smallest absolute Gasteiger partial charge is 0.369 e. The summed E-state index contributed by atoms with van der Waals surface area (Å²) in [7, 11) is 0. The zero-order valence-electron chi connectivity index (χ0n) is 11.4. The molecule has 1 aliphatic heterocycles. The molecule has 1 aliphatic rings. The molecule has 0 spiro atoms. The molecule has 0 fully saturated rings. The van der Waals surface area contributed by atoms with E-state index in [0.29, 0.717) is 5.69 Å². The Balaban J connectivity index is 1.99. The highest BCUT2D eigenvalue weighted by molar-refractivity contribution is 7.97. The van der Waals surface area contributed by atoms with Crippen LogP contribution in [0.3, 0.4) is 0 Å². The number of alkyl halides is 3. The van der Waals surface area contributed by atoms with Crippen molar-refractivity contribution in [2.45, 2.75) is 18.3 Å². The van der Waals surface area contributed by atoms with Gasteiger partial charge in [0.15, 0.2) is 0 Å². The number of benzene rings is 1. The van der Waals surface area contributed by atoms with E-state index in [1.807, 2.05) is 6.26 Å². The lowest BCUT2D eigenvalue weighted by Crippen LogP contribution is -2.07. The van der Waals surface area contributed by atoms with Crippen molar-refractivity contribution >= 4 is 17.6 Å². The topological polar surface area (TPSA) is 29.9 Å². The summed E-state index contributed by atoms with van der Waals surface area (Å²) in [5, 5.41) is 7.80. The van der Waals surface area contributed by atoms with E-state index in [1.165, 1.54) is 17.7 Å². The second-order valence-electron chi connectivity index (χ2n) is 4.84. The van der Waals surface area contributed by atoms with E-state index in [1.54, 1.807) is 16.4 Å². The molecule has 7 heteroatoms. The molecule has 0 radical (unpaired) electrons. The van der Waals surface area contributed by atoms with Gasteiger partial charge in [-0.3, -0.25) is 0 Å². The maximum absolute atomic E-state index is 12.6. The Bertz CT molecular complexity index is 647. The predicted octanol–water partition coefficient (Wildman–Crippen LogP) is 3.72. The monoisotopic (exact) mass is 313 g/mol. The fourth-order valence-electron chi connectivity index (χ4n) is 2.48. The molecule has 112 valence electrons. The Labute approximate surface area is 124 Å². The van der Waals surface area contributed by atoms with Gasteiger partial charge in [0.1, 0.15) is 5.82 Å². The minimum Gasteiger partial charge on any atom is -0.369 e. The van der Waals surface area contributed by atoms with Crippen LogP contribution in [-0.2, 0) is 18.3 Å². The van der Waals surface area contributed by atoms with Crippen molar-refractivity contribution in [3.63, 3.8) is 0 Å². The van der Waals surface area contributed by atoms with Gasteiger partial charge >= 0.3 is 6.18 Å². The highest BCUT2D eigenvalue weighted by Gasteiger charge is 2.30. The third kappa shape index (κ3) is 2.62. The van der Waals surface area contributed by atoms with E-state index >= 15 is 0 Å². The molecule has 3 rings (SSSR count). The second-order valence-corrected chi connectivity index (χ2v) is 5.71. The molecule has 2 aromatic rings. The van der Waals surface area contributed by atoms with E-state index in [0.717, 1.165) is 42.4 Å². The van der Waals surface area contributed by atoms with Gasteiger partial charge in [0, 0.05) is 17.9 Å². The van der Waals surface area contributed by atoms with Gasteiger partial charge in [0.05, 0.1) is 16.9 Å². The lowest BCUT2D eigenvalue weighted by molar-refractivity contribution is -0.137. The van der Waals surface area contributed by atoms with Crippen molar-refractivity contribution < 1.29 is 13.2 Å². The number of aromatic nitrogens is 2.